The molecule has 0 aliphatic heterocycles. The van der Waals surface area contributed by atoms with Crippen molar-refractivity contribution >= 4 is 11.0 Å². The molecule has 6 nitrogen and oxygen atoms in total. The summed E-state index contributed by atoms with van der Waals surface area (Å²) >= 11 is 0. The molecule has 0 amide bonds. The van der Waals surface area contributed by atoms with Gasteiger partial charge in [0.15, 0.2) is 16.8 Å². The van der Waals surface area contributed by atoms with Crippen molar-refractivity contribution < 1.29 is 24.8 Å². The van der Waals surface area contributed by atoms with E-state index in [-0.39, 0.29) is 28.0 Å². The first-order valence-corrected chi connectivity index (χ1v) is 5.99. The van der Waals surface area contributed by atoms with Crippen LogP contribution in [0.2, 0.25) is 0 Å². The maximum atomic E-state index is 12.1. The maximum absolute atomic E-state index is 12.1. The first-order valence-electron chi connectivity index (χ1n) is 5.99. The molecule has 1 aromatic heterocycles. The molecule has 4 N–H and O–H groups in total. The van der Waals surface area contributed by atoms with Crippen molar-refractivity contribution in [3.63, 3.8) is 0 Å². The summed E-state index contributed by atoms with van der Waals surface area (Å²) in [6.07, 6.45) is 0. The van der Waals surface area contributed by atoms with Crippen LogP contribution >= 0.6 is 0 Å². The zero-order chi connectivity index (χ0) is 15.1. The Morgan fingerprint density at radius 2 is 1.57 bits per heavy atom. The highest BCUT2D eigenvalue weighted by atomic mass is 16.4. The summed E-state index contributed by atoms with van der Waals surface area (Å²) in [7, 11) is 0. The fourth-order valence-electron chi connectivity index (χ4n) is 2.06. The molecule has 0 unspecified atom stereocenters. The molecule has 0 saturated carbocycles. The lowest BCUT2D eigenvalue weighted by atomic mass is 10.1. The Balaban J connectivity index is 2.39. The van der Waals surface area contributed by atoms with Gasteiger partial charge in [-0.2, -0.15) is 0 Å². The Bertz CT molecular complexity index is 910. The molecule has 21 heavy (non-hydrogen) atoms. The largest absolute Gasteiger partial charge is 0.507 e. The predicted octanol–water partition coefficient (Wildman–Crippen LogP) is 2.28. The number of rotatable bonds is 1. The van der Waals surface area contributed by atoms with Gasteiger partial charge in [-0.05, 0) is 18.2 Å². The summed E-state index contributed by atoms with van der Waals surface area (Å²) in [6.45, 7) is 0. The normalized spacial score (nSPS) is 10.9. The van der Waals surface area contributed by atoms with E-state index in [9.17, 15) is 25.2 Å². The van der Waals surface area contributed by atoms with Gasteiger partial charge in [-0.3, -0.25) is 4.79 Å². The number of phenols is 4. The molecule has 0 fully saturated rings. The van der Waals surface area contributed by atoms with E-state index in [4.69, 9.17) is 4.42 Å². The van der Waals surface area contributed by atoms with Crippen LogP contribution < -0.4 is 5.43 Å². The van der Waals surface area contributed by atoms with E-state index in [0.29, 0.717) is 0 Å². The van der Waals surface area contributed by atoms with E-state index < -0.39 is 22.7 Å². The van der Waals surface area contributed by atoms with Crippen LogP contribution in [0.4, 0.5) is 0 Å². The lowest BCUT2D eigenvalue weighted by Gasteiger charge is -2.08. The molecular weight excluding hydrogens is 276 g/mol. The van der Waals surface area contributed by atoms with Crippen molar-refractivity contribution in [3.8, 4) is 34.3 Å². The number of benzene rings is 2. The van der Waals surface area contributed by atoms with Gasteiger partial charge in [0.05, 0.1) is 10.9 Å². The lowest BCUT2D eigenvalue weighted by molar-refractivity contribution is 0.366. The van der Waals surface area contributed by atoms with E-state index in [0.717, 1.165) is 12.1 Å². The molecule has 0 spiro atoms. The lowest BCUT2D eigenvalue weighted by Crippen LogP contribution is -2.00. The number of fused-ring (bicyclic) bond motifs is 1. The van der Waals surface area contributed by atoms with E-state index >= 15 is 0 Å². The van der Waals surface area contributed by atoms with Gasteiger partial charge in [-0.25, -0.2) is 0 Å². The smallest absolute Gasteiger partial charge is 0.205 e. The molecule has 0 aliphatic rings. The highest BCUT2D eigenvalue weighted by Crippen LogP contribution is 2.41. The van der Waals surface area contributed by atoms with Crippen molar-refractivity contribution in [1.82, 2.24) is 0 Å². The van der Waals surface area contributed by atoms with Crippen molar-refractivity contribution in [2.24, 2.45) is 0 Å². The third-order valence-electron chi connectivity index (χ3n) is 3.12. The molecule has 1 heterocycles. The van der Waals surface area contributed by atoms with Crippen LogP contribution in [0.1, 0.15) is 0 Å². The van der Waals surface area contributed by atoms with Crippen LogP contribution in [0.5, 0.6) is 23.0 Å². The molecule has 0 aliphatic carbocycles. The zero-order valence-electron chi connectivity index (χ0n) is 10.6. The van der Waals surface area contributed by atoms with E-state index in [1.165, 1.54) is 12.1 Å². The third kappa shape index (κ3) is 1.93. The molecule has 0 radical (unpaired) electrons. The molecule has 6 heteroatoms. The molecule has 3 aromatic rings. The molecule has 0 atom stereocenters. The molecule has 106 valence electrons. The van der Waals surface area contributed by atoms with Crippen LogP contribution in [-0.2, 0) is 0 Å². The van der Waals surface area contributed by atoms with E-state index in [1.54, 1.807) is 12.1 Å². The number of hydrogen-bond acceptors (Lipinski definition) is 6. The van der Waals surface area contributed by atoms with Gasteiger partial charge in [0.25, 0.3) is 0 Å². The van der Waals surface area contributed by atoms with Crippen LogP contribution in [0.3, 0.4) is 0 Å². The van der Waals surface area contributed by atoms with Gasteiger partial charge < -0.3 is 24.8 Å². The minimum Gasteiger partial charge on any atom is -0.507 e. The van der Waals surface area contributed by atoms with Crippen molar-refractivity contribution in [2.75, 3.05) is 0 Å². The third-order valence-corrected chi connectivity index (χ3v) is 3.12. The Labute approximate surface area is 117 Å². The average Bonchev–Trinajstić information content (AvgIpc) is 2.46. The van der Waals surface area contributed by atoms with E-state index in [2.05, 4.69) is 0 Å². The standard InChI is InChI=1S/C15H10O6/c16-9-4-2-1-3-7(9)12-6-10(17)8-5-11(18)13(19)14(20)15(8)21-12/h1-6,16,18-20H. The molecule has 2 aromatic carbocycles. The molecule has 3 rings (SSSR count). The van der Waals surface area contributed by atoms with Crippen molar-refractivity contribution in [3.05, 3.63) is 46.6 Å². The summed E-state index contributed by atoms with van der Waals surface area (Å²) in [5.74, 6) is -2.20. The van der Waals surface area contributed by atoms with Crippen molar-refractivity contribution in [1.29, 1.82) is 0 Å². The Hall–Kier alpha value is -3.15. The monoisotopic (exact) mass is 286 g/mol. The summed E-state index contributed by atoms with van der Waals surface area (Å²) < 4.78 is 5.40. The van der Waals surface area contributed by atoms with Gasteiger partial charge in [0, 0.05) is 6.07 Å². The average molecular weight is 286 g/mol. The van der Waals surface area contributed by atoms with E-state index in [1.807, 2.05) is 0 Å². The second-order valence-electron chi connectivity index (χ2n) is 4.46. The molecular formula is C15H10O6. The molecule has 0 saturated heterocycles. The minimum atomic E-state index is -0.778. The van der Waals surface area contributed by atoms with Crippen LogP contribution in [0, 0.1) is 0 Å². The van der Waals surface area contributed by atoms with Crippen LogP contribution in [0.25, 0.3) is 22.3 Å². The highest BCUT2D eigenvalue weighted by Gasteiger charge is 2.18. The van der Waals surface area contributed by atoms with Gasteiger partial charge in [0.2, 0.25) is 11.5 Å². The first-order chi connectivity index (χ1) is 9.99. The minimum absolute atomic E-state index is 0.0333. The number of hydrogen-bond donors (Lipinski definition) is 4. The Morgan fingerprint density at radius 1 is 0.857 bits per heavy atom. The van der Waals surface area contributed by atoms with Gasteiger partial charge in [-0.1, -0.05) is 12.1 Å². The predicted molar refractivity (Wildman–Crippen MR) is 74.6 cm³/mol. The number of phenolic OH excluding ortho intramolecular Hbond substituents is 4. The summed E-state index contributed by atoms with van der Waals surface area (Å²) in [4.78, 5) is 12.1. The Morgan fingerprint density at radius 3 is 2.29 bits per heavy atom. The maximum Gasteiger partial charge on any atom is 0.205 e. The number of aromatic hydroxyl groups is 4. The Kier molecular flexibility index (Phi) is 2.72. The van der Waals surface area contributed by atoms with Crippen molar-refractivity contribution in [2.45, 2.75) is 0 Å². The summed E-state index contributed by atoms with van der Waals surface area (Å²) in [5.41, 5.74) is -0.528. The second kappa shape index (κ2) is 4.45. The second-order valence-corrected chi connectivity index (χ2v) is 4.46. The quantitative estimate of drug-likeness (QED) is 0.511. The topological polar surface area (TPSA) is 111 Å². The van der Waals surface area contributed by atoms with Crippen LogP contribution in [0.15, 0.2) is 45.6 Å². The fraction of sp³-hybridized carbons (Fsp3) is 0. The fourth-order valence-corrected chi connectivity index (χ4v) is 2.06. The zero-order valence-corrected chi connectivity index (χ0v) is 10.6. The SMILES string of the molecule is O=c1cc(-c2ccccc2O)oc2c(O)c(O)c(O)cc12. The van der Waals surface area contributed by atoms with Crippen LogP contribution in [-0.4, -0.2) is 20.4 Å². The number of para-hydroxylation sites is 1. The van der Waals surface area contributed by atoms with Gasteiger partial charge >= 0.3 is 0 Å². The summed E-state index contributed by atoms with van der Waals surface area (Å²) in [6, 6.07) is 8.36. The van der Waals surface area contributed by atoms with Gasteiger partial charge in [-0.15, -0.1) is 0 Å². The van der Waals surface area contributed by atoms with Gasteiger partial charge in [0.1, 0.15) is 11.5 Å². The molecule has 0 bridgehead atoms. The summed E-state index contributed by atoms with van der Waals surface area (Å²) in [5, 5.41) is 38.4. The highest BCUT2D eigenvalue weighted by molar-refractivity contribution is 5.88. The first kappa shape index (κ1) is 12.9.